The quantitative estimate of drug-likeness (QED) is 0.905. The van der Waals surface area contributed by atoms with Gasteiger partial charge in [0.05, 0.1) is 9.90 Å². The first kappa shape index (κ1) is 15.2. The normalized spacial score (nSPS) is 16.2. The monoisotopic (exact) mass is 337 g/mol. The minimum Gasteiger partial charge on any atom is -0.338 e. The van der Waals surface area contributed by atoms with E-state index in [0.29, 0.717) is 38.4 Å². The summed E-state index contributed by atoms with van der Waals surface area (Å²) in [5.41, 5.74) is -0.00628. The predicted molar refractivity (Wildman–Crippen MR) is 81.6 cm³/mol. The Kier molecular flexibility index (Phi) is 4.50. The number of thiophene rings is 1. The van der Waals surface area contributed by atoms with Crippen LogP contribution in [0.5, 0.6) is 0 Å². The Bertz CT molecular complexity index is 538. The molecule has 0 radical (unpaired) electrons. The van der Waals surface area contributed by atoms with E-state index in [0.717, 1.165) is 11.3 Å². The summed E-state index contributed by atoms with van der Waals surface area (Å²) >= 11 is 14.3. The second-order valence-corrected chi connectivity index (χ2v) is 7.64. The van der Waals surface area contributed by atoms with E-state index in [1.54, 1.807) is 6.92 Å². The van der Waals surface area contributed by atoms with Gasteiger partial charge in [0, 0.05) is 0 Å². The van der Waals surface area contributed by atoms with Crippen LogP contribution in [0.4, 0.5) is 0 Å². The van der Waals surface area contributed by atoms with Crippen LogP contribution in [0.2, 0.25) is 9.36 Å². The van der Waals surface area contributed by atoms with Crippen molar-refractivity contribution in [2.75, 3.05) is 5.75 Å². The second kappa shape index (κ2) is 5.64. The molecule has 1 fully saturated rings. The largest absolute Gasteiger partial charge is 0.338 e. The Morgan fingerprint density at radius 2 is 2.05 bits per heavy atom. The number of hydrogen-bond acceptors (Lipinski definition) is 4. The third-order valence-corrected chi connectivity index (χ3v) is 6.13. The van der Waals surface area contributed by atoms with Crippen molar-refractivity contribution in [2.45, 2.75) is 32.2 Å². The highest BCUT2D eigenvalue weighted by Gasteiger charge is 2.51. The fourth-order valence-electron chi connectivity index (χ4n) is 1.72. The van der Waals surface area contributed by atoms with Gasteiger partial charge >= 0.3 is 0 Å². The molecule has 1 amide bonds. The highest BCUT2D eigenvalue weighted by atomic mass is 35.5. The molecule has 1 aliphatic carbocycles. The predicted octanol–water partition coefficient (Wildman–Crippen LogP) is 3.91. The van der Waals surface area contributed by atoms with E-state index in [2.05, 4.69) is 5.32 Å². The van der Waals surface area contributed by atoms with Gasteiger partial charge in [-0.1, -0.05) is 41.9 Å². The Labute approximate surface area is 130 Å². The topological polar surface area (TPSA) is 46.2 Å². The zero-order valence-corrected chi connectivity index (χ0v) is 13.7. The van der Waals surface area contributed by atoms with Gasteiger partial charge in [-0.15, -0.1) is 11.3 Å². The lowest BCUT2D eigenvalue weighted by atomic mass is 10.2. The summed E-state index contributed by atoms with van der Waals surface area (Å²) in [5.74, 6) is 0.449. The van der Waals surface area contributed by atoms with Crippen molar-refractivity contribution >= 4 is 57.3 Å². The molecule has 1 N–H and O–H groups in total. The molecule has 0 spiro atoms. The molecule has 1 aliphatic rings. The van der Waals surface area contributed by atoms with Crippen LogP contribution < -0.4 is 5.32 Å². The molecule has 1 aromatic heterocycles. The van der Waals surface area contributed by atoms with Gasteiger partial charge in [0.25, 0.3) is 5.91 Å². The molecule has 2 rings (SSSR count). The molecule has 0 atom stereocenters. The Balaban J connectivity index is 2.13. The molecule has 0 unspecified atom stereocenters. The first-order chi connectivity index (χ1) is 8.91. The van der Waals surface area contributed by atoms with E-state index in [-0.39, 0.29) is 11.0 Å². The molecule has 0 aromatic carbocycles. The smallest absolute Gasteiger partial charge is 0.262 e. The van der Waals surface area contributed by atoms with Crippen molar-refractivity contribution in [3.8, 4) is 0 Å². The van der Waals surface area contributed by atoms with Gasteiger partial charge in [-0.2, -0.15) is 0 Å². The first-order valence-corrected chi connectivity index (χ1v) is 8.41. The van der Waals surface area contributed by atoms with E-state index in [9.17, 15) is 9.59 Å². The van der Waals surface area contributed by atoms with Gasteiger partial charge in [-0.3, -0.25) is 9.59 Å². The zero-order valence-electron chi connectivity index (χ0n) is 10.5. The highest BCUT2D eigenvalue weighted by molar-refractivity contribution is 8.13. The minimum absolute atomic E-state index is 0.0368. The minimum atomic E-state index is -0.673. The fraction of sp³-hybridized carbons (Fsp3) is 0.500. The van der Waals surface area contributed by atoms with Crippen molar-refractivity contribution in [3.05, 3.63) is 19.8 Å². The average molecular weight is 338 g/mol. The summed E-state index contributed by atoms with van der Waals surface area (Å²) in [6.45, 7) is 3.67. The maximum Gasteiger partial charge on any atom is 0.262 e. The molecule has 0 aliphatic heterocycles. The van der Waals surface area contributed by atoms with Crippen LogP contribution in [-0.2, 0) is 4.79 Å². The van der Waals surface area contributed by atoms with Crippen molar-refractivity contribution in [3.63, 3.8) is 0 Å². The van der Waals surface area contributed by atoms with Crippen molar-refractivity contribution in [2.24, 2.45) is 0 Å². The Hall–Kier alpha value is -0.230. The van der Waals surface area contributed by atoms with Gasteiger partial charge in [0.2, 0.25) is 5.12 Å². The van der Waals surface area contributed by atoms with Crippen LogP contribution >= 0.6 is 46.3 Å². The second-order valence-electron chi connectivity index (χ2n) is 4.40. The van der Waals surface area contributed by atoms with Crippen LogP contribution in [-0.4, -0.2) is 22.3 Å². The van der Waals surface area contributed by atoms with Gasteiger partial charge in [0.15, 0.2) is 0 Å². The molecule has 0 bridgehead atoms. The van der Waals surface area contributed by atoms with Crippen LogP contribution in [0.15, 0.2) is 0 Å². The third kappa shape index (κ3) is 2.94. The number of halogens is 2. The van der Waals surface area contributed by atoms with E-state index in [4.69, 9.17) is 23.2 Å². The molecule has 19 heavy (non-hydrogen) atoms. The molecule has 104 valence electrons. The Morgan fingerprint density at radius 1 is 1.42 bits per heavy atom. The molecule has 7 heteroatoms. The van der Waals surface area contributed by atoms with Gasteiger partial charge < -0.3 is 5.32 Å². The van der Waals surface area contributed by atoms with Crippen LogP contribution in [0.3, 0.4) is 0 Å². The molecule has 3 nitrogen and oxygen atoms in total. The molecule has 1 heterocycles. The van der Waals surface area contributed by atoms with E-state index >= 15 is 0 Å². The third-order valence-electron chi connectivity index (χ3n) is 3.01. The Morgan fingerprint density at radius 3 is 2.47 bits per heavy atom. The number of hydrogen-bond donors (Lipinski definition) is 1. The number of thioether (sulfide) groups is 1. The SMILES string of the molecule is CCSC(=O)C1(NC(=O)c2sc(Cl)c(Cl)c2C)CC1. The fourth-order valence-corrected chi connectivity index (χ4v) is 3.98. The summed E-state index contributed by atoms with van der Waals surface area (Å²) in [6.07, 6.45) is 1.41. The van der Waals surface area contributed by atoms with Crippen LogP contribution in [0, 0.1) is 6.92 Å². The van der Waals surface area contributed by atoms with Crippen LogP contribution in [0.25, 0.3) is 0 Å². The van der Waals surface area contributed by atoms with Crippen molar-refractivity contribution in [1.29, 1.82) is 0 Å². The summed E-state index contributed by atoms with van der Waals surface area (Å²) in [5, 5.41) is 3.28. The number of carbonyl (C=O) groups is 2. The van der Waals surface area contributed by atoms with Gasteiger partial charge in [-0.25, -0.2) is 0 Å². The summed E-state index contributed by atoms with van der Waals surface area (Å²) in [4.78, 5) is 24.6. The highest BCUT2D eigenvalue weighted by Crippen LogP contribution is 2.41. The molecule has 1 saturated carbocycles. The lowest BCUT2D eigenvalue weighted by molar-refractivity contribution is -0.113. The lowest BCUT2D eigenvalue weighted by Gasteiger charge is -2.14. The van der Waals surface area contributed by atoms with E-state index < -0.39 is 5.54 Å². The summed E-state index contributed by atoms with van der Waals surface area (Å²) in [7, 11) is 0. The number of carbonyl (C=O) groups excluding carboxylic acids is 2. The maximum absolute atomic E-state index is 12.2. The lowest BCUT2D eigenvalue weighted by Crippen LogP contribution is -2.42. The van der Waals surface area contributed by atoms with E-state index in [1.165, 1.54) is 11.8 Å². The molecule has 1 aromatic rings. The number of rotatable bonds is 4. The summed E-state index contributed by atoms with van der Waals surface area (Å²) < 4.78 is 0.406. The molecule has 0 saturated heterocycles. The van der Waals surface area contributed by atoms with E-state index in [1.807, 2.05) is 6.92 Å². The number of amides is 1. The molecular weight excluding hydrogens is 325 g/mol. The van der Waals surface area contributed by atoms with Crippen molar-refractivity contribution in [1.82, 2.24) is 5.32 Å². The standard InChI is InChI=1S/C12H13Cl2NO2S2/c1-3-18-11(17)12(4-5-12)15-10(16)8-6(2)7(13)9(14)19-8/h3-5H2,1-2H3,(H,15,16). The first-order valence-electron chi connectivity index (χ1n) is 5.85. The average Bonchev–Trinajstić information content (AvgIpc) is 3.09. The van der Waals surface area contributed by atoms with Crippen LogP contribution in [0.1, 0.15) is 35.0 Å². The van der Waals surface area contributed by atoms with Crippen molar-refractivity contribution < 1.29 is 9.59 Å². The molecular formula is C12H13Cl2NO2S2. The zero-order chi connectivity index (χ0) is 14.2. The summed E-state index contributed by atoms with van der Waals surface area (Å²) in [6, 6.07) is 0. The maximum atomic E-state index is 12.2. The van der Waals surface area contributed by atoms with Gasteiger partial charge in [-0.05, 0) is 31.1 Å². The van der Waals surface area contributed by atoms with Gasteiger partial charge in [0.1, 0.15) is 9.88 Å². The number of nitrogens with one attached hydrogen (secondary N) is 1.